The molecule has 216 valence electrons. The van der Waals surface area contributed by atoms with Gasteiger partial charge in [0.25, 0.3) is 0 Å². The Morgan fingerprint density at radius 2 is 1.95 bits per heavy atom. The van der Waals surface area contributed by atoms with Gasteiger partial charge in [-0.15, -0.1) is 0 Å². The van der Waals surface area contributed by atoms with Crippen LogP contribution in [0, 0.1) is 3.57 Å². The Bertz CT molecular complexity index is 1230. The van der Waals surface area contributed by atoms with Gasteiger partial charge in [-0.3, -0.25) is 0 Å². The number of esters is 1. The van der Waals surface area contributed by atoms with Crippen molar-refractivity contribution in [2.45, 2.75) is 102 Å². The van der Waals surface area contributed by atoms with Crippen molar-refractivity contribution >= 4 is 59.7 Å². The average Bonchev–Trinajstić information content (AvgIpc) is 3.33. The van der Waals surface area contributed by atoms with Crippen LogP contribution in [0.25, 0.3) is 11.2 Å². The van der Waals surface area contributed by atoms with Crippen LogP contribution in [0.15, 0.2) is 6.20 Å². The van der Waals surface area contributed by atoms with E-state index in [0.717, 1.165) is 9.61 Å². The Labute approximate surface area is 243 Å². The van der Waals surface area contributed by atoms with Crippen molar-refractivity contribution in [3.05, 3.63) is 15.5 Å². The molecule has 0 aromatic carbocycles. The molecular weight excluding hydrogens is 636 g/mol. The number of halogens is 2. The number of aromatic nitrogens is 3. The van der Waals surface area contributed by atoms with Crippen molar-refractivity contribution in [3.63, 3.8) is 0 Å². The van der Waals surface area contributed by atoms with Gasteiger partial charge in [-0.2, -0.15) is 0 Å². The maximum atomic E-state index is 15.9. The van der Waals surface area contributed by atoms with Gasteiger partial charge in [-0.05, 0) is 68.7 Å². The second-order valence-electron chi connectivity index (χ2n) is 12.5. The third kappa shape index (κ3) is 6.84. The van der Waals surface area contributed by atoms with E-state index in [4.69, 9.17) is 19.2 Å². The highest BCUT2D eigenvalue weighted by Gasteiger charge is 2.50. The number of piperidine rings is 1. The van der Waals surface area contributed by atoms with Gasteiger partial charge in [-0.1, -0.05) is 19.6 Å². The molecule has 4 atom stereocenters. The van der Waals surface area contributed by atoms with Crippen LogP contribution in [-0.2, 0) is 20.9 Å². The van der Waals surface area contributed by atoms with Crippen molar-refractivity contribution in [3.8, 4) is 0 Å². The second-order valence-corrected chi connectivity index (χ2v) is 19.3. The summed E-state index contributed by atoms with van der Waals surface area (Å²) >= 11 is 2.17. The van der Waals surface area contributed by atoms with Crippen molar-refractivity contribution in [1.29, 1.82) is 0 Å². The van der Waals surface area contributed by atoms with Crippen LogP contribution in [0.5, 0.6) is 0 Å². The van der Waals surface area contributed by atoms with Crippen molar-refractivity contribution < 1.29 is 28.2 Å². The van der Waals surface area contributed by atoms with Crippen LogP contribution >= 0.6 is 22.6 Å². The highest BCUT2D eigenvalue weighted by atomic mass is 127. The number of anilines is 1. The van der Waals surface area contributed by atoms with E-state index in [2.05, 4.69) is 52.5 Å². The first-order chi connectivity index (χ1) is 18.2. The minimum absolute atomic E-state index is 0.0583. The second kappa shape index (κ2) is 11.5. The molecule has 10 nitrogen and oxygen atoms in total. The number of fused-ring (bicyclic) bond motifs is 3. The van der Waals surface area contributed by atoms with Crippen LogP contribution in [0.3, 0.4) is 0 Å². The molecule has 0 saturated carbocycles. The number of methoxy groups -OCH3 is 1. The molecule has 2 aliphatic heterocycles. The van der Waals surface area contributed by atoms with E-state index in [1.54, 1.807) is 20.8 Å². The lowest BCUT2D eigenvalue weighted by Gasteiger charge is -2.42. The zero-order valence-electron chi connectivity index (χ0n) is 23.7. The van der Waals surface area contributed by atoms with Gasteiger partial charge in [0.05, 0.1) is 22.8 Å². The molecule has 4 heterocycles. The minimum Gasteiger partial charge on any atom is -0.464 e. The molecule has 0 spiro atoms. The molecule has 2 fully saturated rings. The van der Waals surface area contributed by atoms with Crippen LogP contribution < -0.4 is 10.2 Å². The lowest BCUT2D eigenvalue weighted by Crippen LogP contribution is -2.59. The highest BCUT2D eigenvalue weighted by Crippen LogP contribution is 2.42. The standard InChI is InChI=1S/C26H39FIN5O5Si/c1-26(2,3)38-25(35)29-17-12-15-8-9-18(19(17)27)33(15)23-21(24(34)36-4)30-20-16(28)13-32(22(20)31-23)14-37-10-11-39(5,6)7/h13,15,17-19H,8-12,14H2,1-7H3,(H,29,35)/t15-,17-,18+,19-/m0/s1. The smallest absolute Gasteiger partial charge is 0.407 e. The molecule has 2 aromatic heterocycles. The summed E-state index contributed by atoms with van der Waals surface area (Å²) in [6.45, 7) is 13.2. The Balaban J connectivity index is 1.64. The molecule has 0 unspecified atom stereocenters. The van der Waals surface area contributed by atoms with Gasteiger partial charge in [0.1, 0.15) is 24.0 Å². The van der Waals surface area contributed by atoms with Crippen LogP contribution in [0.2, 0.25) is 25.7 Å². The van der Waals surface area contributed by atoms with Crippen LogP contribution in [-0.4, -0.2) is 78.3 Å². The monoisotopic (exact) mass is 675 g/mol. The maximum absolute atomic E-state index is 15.9. The lowest BCUT2D eigenvalue weighted by molar-refractivity contribution is 0.0447. The summed E-state index contributed by atoms with van der Waals surface area (Å²) in [6.07, 6.45) is 1.51. The third-order valence-electron chi connectivity index (χ3n) is 7.00. The quantitative estimate of drug-likeness (QED) is 0.178. The van der Waals surface area contributed by atoms with Crippen molar-refractivity contribution in [2.75, 3.05) is 18.6 Å². The summed E-state index contributed by atoms with van der Waals surface area (Å²) in [4.78, 5) is 36.7. The number of hydrogen-bond acceptors (Lipinski definition) is 8. The first kappa shape index (κ1) is 30.0. The number of hydrogen-bond donors (Lipinski definition) is 1. The summed E-state index contributed by atoms with van der Waals surface area (Å²) in [5, 5.41) is 2.72. The first-order valence-electron chi connectivity index (χ1n) is 13.3. The molecule has 0 aliphatic carbocycles. The summed E-state index contributed by atoms with van der Waals surface area (Å²) in [5.74, 6) is -0.323. The predicted octanol–water partition coefficient (Wildman–Crippen LogP) is 5.11. The third-order valence-corrected chi connectivity index (χ3v) is 9.50. The Kier molecular flexibility index (Phi) is 8.81. The van der Waals surface area contributed by atoms with E-state index in [0.29, 0.717) is 49.6 Å². The Hall–Kier alpha value is -2.00. The van der Waals surface area contributed by atoms with E-state index in [9.17, 15) is 9.59 Å². The van der Waals surface area contributed by atoms with E-state index < -0.39 is 44.0 Å². The number of nitrogens with zero attached hydrogens (tertiary/aromatic N) is 4. The highest BCUT2D eigenvalue weighted by molar-refractivity contribution is 14.1. The number of alkyl halides is 1. The predicted molar refractivity (Wildman–Crippen MR) is 158 cm³/mol. The van der Waals surface area contributed by atoms with Crippen LogP contribution in [0.4, 0.5) is 15.0 Å². The van der Waals surface area contributed by atoms with Gasteiger partial charge in [0.15, 0.2) is 17.2 Å². The number of ether oxygens (including phenoxy) is 3. The van der Waals surface area contributed by atoms with E-state index in [1.807, 2.05) is 15.7 Å². The number of nitrogens with one attached hydrogen (secondary N) is 1. The normalized spacial score (nSPS) is 23.3. The zero-order chi connectivity index (χ0) is 28.7. The van der Waals surface area contributed by atoms with Gasteiger partial charge < -0.3 is 29.0 Å². The number of carbonyl (C=O) groups is 2. The summed E-state index contributed by atoms with van der Waals surface area (Å²) < 4.78 is 35.0. The van der Waals surface area contributed by atoms with Gasteiger partial charge in [0, 0.05) is 26.9 Å². The molecule has 2 aliphatic rings. The van der Waals surface area contributed by atoms with E-state index in [-0.39, 0.29) is 11.7 Å². The zero-order valence-corrected chi connectivity index (χ0v) is 26.9. The number of rotatable bonds is 8. The maximum Gasteiger partial charge on any atom is 0.407 e. The largest absolute Gasteiger partial charge is 0.464 e. The molecule has 0 radical (unpaired) electrons. The summed E-state index contributed by atoms with van der Waals surface area (Å²) in [7, 11) is 0.0616. The minimum atomic E-state index is -1.38. The van der Waals surface area contributed by atoms with Gasteiger partial charge in [0.2, 0.25) is 0 Å². The lowest BCUT2D eigenvalue weighted by atomic mass is 9.95. The average molecular weight is 676 g/mol. The fourth-order valence-corrected chi connectivity index (χ4v) is 6.62. The summed E-state index contributed by atoms with van der Waals surface area (Å²) in [6, 6.07) is -0.362. The van der Waals surface area contributed by atoms with Gasteiger partial charge in [-0.25, -0.2) is 23.9 Å². The SMILES string of the molecule is COC(=O)c1nc2c(I)cn(COCC[Si](C)(C)C)c2nc1N1[C@H]2CC[C@@H]1[C@@H](F)[C@@H](NC(=O)OC(C)(C)C)C2. The molecule has 2 saturated heterocycles. The number of alkyl carbamates (subject to hydrolysis) is 1. The Morgan fingerprint density at radius 1 is 1.23 bits per heavy atom. The van der Waals surface area contributed by atoms with E-state index >= 15 is 4.39 Å². The van der Waals surface area contributed by atoms with Crippen LogP contribution in [0.1, 0.15) is 50.5 Å². The molecular formula is C26H39FIN5O5Si. The number of carbonyl (C=O) groups excluding carboxylic acids is 2. The molecule has 2 aromatic rings. The molecule has 2 bridgehead atoms. The summed E-state index contributed by atoms with van der Waals surface area (Å²) in [5.41, 5.74) is 0.516. The van der Waals surface area contributed by atoms with Gasteiger partial charge >= 0.3 is 12.1 Å². The number of amides is 1. The fourth-order valence-electron chi connectivity index (χ4n) is 5.17. The molecule has 1 amide bonds. The molecule has 13 heteroatoms. The molecule has 1 N–H and O–H groups in total. The molecule has 4 rings (SSSR count). The molecule has 39 heavy (non-hydrogen) atoms. The topological polar surface area (TPSA) is 108 Å². The Morgan fingerprint density at radius 3 is 2.59 bits per heavy atom. The van der Waals surface area contributed by atoms with Crippen molar-refractivity contribution in [2.24, 2.45) is 0 Å². The fraction of sp³-hybridized carbons (Fsp3) is 0.692. The van der Waals surface area contributed by atoms with E-state index in [1.165, 1.54) is 7.11 Å². The van der Waals surface area contributed by atoms with Crippen molar-refractivity contribution in [1.82, 2.24) is 19.9 Å². The first-order valence-corrected chi connectivity index (χ1v) is 18.1.